The molecule has 0 aliphatic heterocycles. The predicted molar refractivity (Wildman–Crippen MR) is 57.6 cm³/mol. The molecule has 0 saturated heterocycles. The fraction of sp³-hybridized carbons (Fsp3) is 0.111. The summed E-state index contributed by atoms with van der Waals surface area (Å²) >= 11 is 9.41. The van der Waals surface area contributed by atoms with Gasteiger partial charge in [-0.2, -0.15) is 0 Å². The van der Waals surface area contributed by atoms with Crippen LogP contribution in [0, 0.1) is 0 Å². The van der Waals surface area contributed by atoms with Gasteiger partial charge in [-0.05, 0) is 28.1 Å². The van der Waals surface area contributed by atoms with Gasteiger partial charge in [0.15, 0.2) is 0 Å². The largest absolute Gasteiger partial charge is 0.496 e. The van der Waals surface area contributed by atoms with Gasteiger partial charge in [-0.25, -0.2) is 0 Å². The smallest absolute Gasteiger partial charge is 0.129 e. The van der Waals surface area contributed by atoms with Crippen LogP contribution in [0.25, 0.3) is 10.9 Å². The molecule has 0 fully saturated rings. The molecular weight excluding hydrogens is 253 g/mol. The maximum Gasteiger partial charge on any atom is 0.129 e. The van der Waals surface area contributed by atoms with Crippen LogP contribution in [-0.4, -0.2) is 12.1 Å². The molecule has 4 heteroatoms. The van der Waals surface area contributed by atoms with E-state index in [4.69, 9.17) is 16.3 Å². The van der Waals surface area contributed by atoms with Crippen molar-refractivity contribution in [1.82, 2.24) is 4.98 Å². The number of rotatable bonds is 1. The van der Waals surface area contributed by atoms with Gasteiger partial charge in [0, 0.05) is 10.7 Å². The summed E-state index contributed by atoms with van der Waals surface area (Å²) in [6.07, 6.45) is 1.85. The highest BCUT2D eigenvalue weighted by molar-refractivity contribution is 9.10. The highest BCUT2D eigenvalue weighted by Crippen LogP contribution is 2.35. The van der Waals surface area contributed by atoms with E-state index in [1.165, 1.54) is 0 Å². The molecule has 0 atom stereocenters. The summed E-state index contributed by atoms with van der Waals surface area (Å²) in [4.78, 5) is 3.07. The van der Waals surface area contributed by atoms with Gasteiger partial charge in [0.25, 0.3) is 0 Å². The Morgan fingerprint density at radius 2 is 2.23 bits per heavy atom. The van der Waals surface area contributed by atoms with Crippen molar-refractivity contribution >= 4 is 38.4 Å². The summed E-state index contributed by atoms with van der Waals surface area (Å²) in [5.41, 5.74) is 0.896. The Morgan fingerprint density at radius 3 is 2.92 bits per heavy atom. The van der Waals surface area contributed by atoms with Crippen molar-refractivity contribution in [2.75, 3.05) is 7.11 Å². The molecule has 0 aliphatic rings. The molecule has 2 aromatic rings. The second-order valence-corrected chi connectivity index (χ2v) is 3.90. The van der Waals surface area contributed by atoms with Crippen molar-refractivity contribution in [3.8, 4) is 5.75 Å². The highest BCUT2D eigenvalue weighted by atomic mass is 79.9. The topological polar surface area (TPSA) is 25.0 Å². The van der Waals surface area contributed by atoms with Gasteiger partial charge in [-0.1, -0.05) is 11.6 Å². The molecule has 0 bridgehead atoms. The number of aromatic nitrogens is 1. The molecule has 1 aromatic heterocycles. The first-order chi connectivity index (χ1) is 6.24. The molecule has 2 nitrogen and oxygen atoms in total. The van der Waals surface area contributed by atoms with Gasteiger partial charge in [-0.3, -0.25) is 0 Å². The molecule has 0 saturated carbocycles. The van der Waals surface area contributed by atoms with E-state index < -0.39 is 0 Å². The highest BCUT2D eigenvalue weighted by Gasteiger charge is 2.09. The fourth-order valence-electron chi connectivity index (χ4n) is 1.31. The second-order valence-electron chi connectivity index (χ2n) is 2.64. The number of fused-ring (bicyclic) bond motifs is 1. The van der Waals surface area contributed by atoms with Crippen LogP contribution in [0.1, 0.15) is 0 Å². The number of hydrogen-bond donors (Lipinski definition) is 1. The van der Waals surface area contributed by atoms with Gasteiger partial charge < -0.3 is 9.72 Å². The Labute approximate surface area is 89.0 Å². The third kappa shape index (κ3) is 1.32. The minimum atomic E-state index is 0.696. The van der Waals surface area contributed by atoms with Crippen molar-refractivity contribution in [2.45, 2.75) is 0 Å². The Bertz CT molecular complexity index is 452. The number of ether oxygens (including phenoxy) is 1. The first-order valence-electron chi connectivity index (χ1n) is 3.73. The van der Waals surface area contributed by atoms with Crippen LogP contribution in [0.4, 0.5) is 0 Å². The van der Waals surface area contributed by atoms with Crippen LogP contribution in [0.2, 0.25) is 5.02 Å². The monoisotopic (exact) mass is 259 g/mol. The average Bonchev–Trinajstić information content (AvgIpc) is 2.51. The quantitative estimate of drug-likeness (QED) is 0.833. The van der Waals surface area contributed by atoms with Crippen molar-refractivity contribution in [3.63, 3.8) is 0 Å². The Kier molecular flexibility index (Phi) is 2.22. The summed E-state index contributed by atoms with van der Waals surface area (Å²) in [5, 5.41) is 1.68. The van der Waals surface area contributed by atoms with E-state index in [0.29, 0.717) is 5.02 Å². The van der Waals surface area contributed by atoms with E-state index in [1.54, 1.807) is 7.11 Å². The predicted octanol–water partition coefficient (Wildman–Crippen LogP) is 3.59. The zero-order valence-electron chi connectivity index (χ0n) is 6.90. The van der Waals surface area contributed by atoms with Crippen LogP contribution in [0.3, 0.4) is 0 Å². The summed E-state index contributed by atoms with van der Waals surface area (Å²) < 4.78 is 6.17. The van der Waals surface area contributed by atoms with E-state index in [9.17, 15) is 0 Å². The van der Waals surface area contributed by atoms with Crippen molar-refractivity contribution in [3.05, 3.63) is 27.8 Å². The van der Waals surface area contributed by atoms with E-state index in [2.05, 4.69) is 20.9 Å². The molecule has 0 aliphatic carbocycles. The van der Waals surface area contributed by atoms with Gasteiger partial charge in [0.2, 0.25) is 0 Å². The van der Waals surface area contributed by atoms with Crippen LogP contribution in [0.5, 0.6) is 5.75 Å². The van der Waals surface area contributed by atoms with Crippen molar-refractivity contribution < 1.29 is 4.74 Å². The van der Waals surface area contributed by atoms with Crippen molar-refractivity contribution in [1.29, 1.82) is 0 Å². The van der Waals surface area contributed by atoms with Gasteiger partial charge in [0.05, 0.1) is 23.0 Å². The standard InChI is InChI=1S/C9H7BrClNO/c1-13-7-3-2-6(11)9-8(7)5(10)4-12-9/h2-4,12H,1H3. The minimum Gasteiger partial charge on any atom is -0.496 e. The lowest BCUT2D eigenvalue weighted by Gasteiger charge is -2.02. The first-order valence-corrected chi connectivity index (χ1v) is 4.90. The lowest BCUT2D eigenvalue weighted by atomic mass is 10.2. The molecule has 0 spiro atoms. The Morgan fingerprint density at radius 1 is 1.46 bits per heavy atom. The third-order valence-corrected chi connectivity index (χ3v) is 2.86. The number of benzene rings is 1. The summed E-state index contributed by atoms with van der Waals surface area (Å²) in [6, 6.07) is 3.66. The fourth-order valence-corrected chi connectivity index (χ4v) is 2.03. The van der Waals surface area contributed by atoms with Gasteiger partial charge in [-0.15, -0.1) is 0 Å². The van der Waals surface area contributed by atoms with E-state index in [-0.39, 0.29) is 0 Å². The number of halogens is 2. The lowest BCUT2D eigenvalue weighted by molar-refractivity contribution is 0.419. The zero-order valence-corrected chi connectivity index (χ0v) is 9.24. The third-order valence-electron chi connectivity index (χ3n) is 1.92. The average molecular weight is 261 g/mol. The van der Waals surface area contributed by atoms with E-state index in [0.717, 1.165) is 21.1 Å². The van der Waals surface area contributed by atoms with Crippen molar-refractivity contribution in [2.24, 2.45) is 0 Å². The van der Waals surface area contributed by atoms with E-state index >= 15 is 0 Å². The normalized spacial score (nSPS) is 10.7. The summed E-state index contributed by atoms with van der Waals surface area (Å²) in [7, 11) is 1.64. The molecule has 1 aromatic carbocycles. The van der Waals surface area contributed by atoms with Crippen LogP contribution in [0.15, 0.2) is 22.8 Å². The van der Waals surface area contributed by atoms with Crippen LogP contribution >= 0.6 is 27.5 Å². The molecular formula is C9H7BrClNO. The number of nitrogens with one attached hydrogen (secondary N) is 1. The summed E-state index contributed by atoms with van der Waals surface area (Å²) in [5.74, 6) is 0.813. The molecule has 1 heterocycles. The zero-order chi connectivity index (χ0) is 9.42. The van der Waals surface area contributed by atoms with Crippen LogP contribution in [-0.2, 0) is 0 Å². The molecule has 0 radical (unpaired) electrons. The molecule has 2 rings (SSSR count). The number of H-pyrrole nitrogens is 1. The molecule has 0 amide bonds. The lowest BCUT2D eigenvalue weighted by Crippen LogP contribution is -1.83. The maximum atomic E-state index is 5.99. The Balaban J connectivity index is 2.88. The number of aromatic amines is 1. The number of hydrogen-bond acceptors (Lipinski definition) is 1. The van der Waals surface area contributed by atoms with E-state index in [1.807, 2.05) is 18.3 Å². The SMILES string of the molecule is COc1ccc(Cl)c2[nH]cc(Br)c12. The first kappa shape index (κ1) is 8.91. The molecule has 0 unspecified atom stereocenters. The number of methoxy groups -OCH3 is 1. The molecule has 68 valence electrons. The second kappa shape index (κ2) is 3.24. The van der Waals surface area contributed by atoms with Gasteiger partial charge in [0.1, 0.15) is 5.75 Å². The molecule has 13 heavy (non-hydrogen) atoms. The Hall–Kier alpha value is -0.670. The van der Waals surface area contributed by atoms with Gasteiger partial charge >= 0.3 is 0 Å². The minimum absolute atomic E-state index is 0.696. The maximum absolute atomic E-state index is 5.99. The summed E-state index contributed by atoms with van der Waals surface area (Å²) in [6.45, 7) is 0. The van der Waals surface area contributed by atoms with Crippen LogP contribution < -0.4 is 4.74 Å². The molecule has 1 N–H and O–H groups in total.